The van der Waals surface area contributed by atoms with Crippen LogP contribution in [0.15, 0.2) is 4.52 Å². The molecule has 0 amide bonds. The van der Waals surface area contributed by atoms with Gasteiger partial charge in [0.05, 0.1) is 24.7 Å². The number of rotatable bonds is 6. The van der Waals surface area contributed by atoms with Gasteiger partial charge in [-0.25, -0.2) is 8.42 Å². The smallest absolute Gasteiger partial charge is 0.240 e. The van der Waals surface area contributed by atoms with Crippen LogP contribution in [0.25, 0.3) is 0 Å². The third-order valence-electron chi connectivity index (χ3n) is 2.84. The van der Waals surface area contributed by atoms with E-state index < -0.39 is 9.84 Å². The summed E-state index contributed by atoms with van der Waals surface area (Å²) in [6.07, 6.45) is 0.582. The van der Waals surface area contributed by atoms with Gasteiger partial charge in [0.2, 0.25) is 5.89 Å². The summed E-state index contributed by atoms with van der Waals surface area (Å²) in [4.78, 5) is 4.21. The maximum atomic E-state index is 11.4. The van der Waals surface area contributed by atoms with Crippen LogP contribution < -0.4 is 5.32 Å². The molecule has 1 unspecified atom stereocenters. The first-order valence-electron chi connectivity index (χ1n) is 5.83. The van der Waals surface area contributed by atoms with Gasteiger partial charge in [-0.1, -0.05) is 5.16 Å². The molecule has 1 aliphatic heterocycles. The van der Waals surface area contributed by atoms with Crippen molar-refractivity contribution in [3.05, 3.63) is 11.7 Å². The van der Waals surface area contributed by atoms with Crippen molar-refractivity contribution >= 4 is 9.84 Å². The van der Waals surface area contributed by atoms with Gasteiger partial charge in [0.15, 0.2) is 15.7 Å². The summed E-state index contributed by atoms with van der Waals surface area (Å²) in [6.45, 7) is 1.78. The highest BCUT2D eigenvalue weighted by Gasteiger charge is 2.32. The molecule has 1 fully saturated rings. The zero-order chi connectivity index (χ0) is 13.0. The molecule has 0 aromatic carbocycles. The molecule has 1 saturated heterocycles. The highest BCUT2D eigenvalue weighted by atomic mass is 32.2. The molecule has 0 aliphatic carbocycles. The molecule has 1 aromatic heterocycles. The van der Waals surface area contributed by atoms with Gasteiger partial charge in [0.1, 0.15) is 0 Å². The predicted molar refractivity (Wildman–Crippen MR) is 63.9 cm³/mol. The summed E-state index contributed by atoms with van der Waals surface area (Å²) in [7, 11) is -1.28. The maximum absolute atomic E-state index is 11.4. The van der Waals surface area contributed by atoms with Crippen LogP contribution >= 0.6 is 0 Å². The molecule has 0 spiro atoms. The van der Waals surface area contributed by atoms with E-state index in [-0.39, 0.29) is 17.4 Å². The van der Waals surface area contributed by atoms with Crippen LogP contribution in [0.3, 0.4) is 0 Å². The molecule has 18 heavy (non-hydrogen) atoms. The zero-order valence-electron chi connectivity index (χ0n) is 10.3. The van der Waals surface area contributed by atoms with Gasteiger partial charge in [-0.05, 0) is 6.42 Å². The quantitative estimate of drug-likeness (QED) is 0.713. The lowest BCUT2D eigenvalue weighted by Crippen LogP contribution is -2.18. The fourth-order valence-corrected chi connectivity index (χ4v) is 3.61. The fourth-order valence-electron chi connectivity index (χ4n) is 1.87. The minimum absolute atomic E-state index is 0.119. The summed E-state index contributed by atoms with van der Waals surface area (Å²) in [5.74, 6) is 1.20. The lowest BCUT2D eigenvalue weighted by molar-refractivity contribution is 0.197. The van der Waals surface area contributed by atoms with Crippen molar-refractivity contribution < 1.29 is 17.7 Å². The third kappa shape index (κ3) is 3.50. The van der Waals surface area contributed by atoms with Crippen molar-refractivity contribution in [2.75, 3.05) is 31.8 Å². The molecule has 1 N–H and O–H groups in total. The normalized spacial score (nSPS) is 22.4. The highest BCUT2D eigenvalue weighted by Crippen LogP contribution is 2.26. The Balaban J connectivity index is 1.86. The molecule has 102 valence electrons. The van der Waals surface area contributed by atoms with E-state index in [2.05, 4.69) is 15.5 Å². The summed E-state index contributed by atoms with van der Waals surface area (Å²) >= 11 is 0. The number of aromatic nitrogens is 2. The largest absolute Gasteiger partial charge is 0.383 e. The number of ether oxygens (including phenoxy) is 1. The average Bonchev–Trinajstić information content (AvgIpc) is 2.91. The van der Waals surface area contributed by atoms with Crippen molar-refractivity contribution in [2.45, 2.75) is 18.9 Å². The van der Waals surface area contributed by atoms with Gasteiger partial charge >= 0.3 is 0 Å². The molecule has 2 rings (SSSR count). The Labute approximate surface area is 106 Å². The minimum Gasteiger partial charge on any atom is -0.383 e. The van der Waals surface area contributed by atoms with Gasteiger partial charge in [-0.3, -0.25) is 0 Å². The van der Waals surface area contributed by atoms with E-state index in [4.69, 9.17) is 9.26 Å². The molecule has 0 saturated carbocycles. The van der Waals surface area contributed by atoms with Gasteiger partial charge < -0.3 is 14.6 Å². The van der Waals surface area contributed by atoms with Crippen LogP contribution in [0.4, 0.5) is 0 Å². The van der Waals surface area contributed by atoms with Crippen LogP contribution in [0.5, 0.6) is 0 Å². The number of hydrogen-bond donors (Lipinski definition) is 1. The molecule has 0 radical (unpaired) electrons. The van der Waals surface area contributed by atoms with E-state index in [0.717, 1.165) is 0 Å². The fraction of sp³-hybridized carbons (Fsp3) is 0.800. The molecule has 1 aliphatic rings. The number of hydrogen-bond acceptors (Lipinski definition) is 7. The van der Waals surface area contributed by atoms with Crippen LogP contribution in [0.1, 0.15) is 24.1 Å². The number of nitrogens with zero attached hydrogens (tertiary/aromatic N) is 2. The van der Waals surface area contributed by atoms with Crippen LogP contribution in [-0.2, 0) is 21.1 Å². The minimum atomic E-state index is -2.91. The average molecular weight is 275 g/mol. The van der Waals surface area contributed by atoms with E-state index in [1.807, 2.05) is 0 Å². The molecular formula is C10H17N3O4S. The Bertz CT molecular complexity index is 485. The molecule has 8 heteroatoms. The van der Waals surface area contributed by atoms with Crippen LogP contribution in [0, 0.1) is 0 Å². The van der Waals surface area contributed by atoms with Gasteiger partial charge in [0.25, 0.3) is 0 Å². The maximum Gasteiger partial charge on any atom is 0.240 e. The van der Waals surface area contributed by atoms with Crippen molar-refractivity contribution in [2.24, 2.45) is 0 Å². The first-order chi connectivity index (χ1) is 8.61. The van der Waals surface area contributed by atoms with Gasteiger partial charge in [-0.15, -0.1) is 0 Å². The predicted octanol–water partition coefficient (Wildman–Crippen LogP) is -0.292. The van der Waals surface area contributed by atoms with E-state index in [1.165, 1.54) is 0 Å². The molecule has 1 atom stereocenters. The monoisotopic (exact) mass is 275 g/mol. The lowest BCUT2D eigenvalue weighted by Gasteiger charge is -1.99. The zero-order valence-corrected chi connectivity index (χ0v) is 11.1. The number of nitrogens with one attached hydrogen (secondary N) is 1. The Morgan fingerprint density at radius 1 is 1.56 bits per heavy atom. The summed E-state index contributed by atoms with van der Waals surface area (Å²) in [5.41, 5.74) is 0. The van der Waals surface area contributed by atoms with Crippen molar-refractivity contribution in [3.63, 3.8) is 0 Å². The van der Waals surface area contributed by atoms with Crippen molar-refractivity contribution in [1.82, 2.24) is 15.5 Å². The second-order valence-electron chi connectivity index (χ2n) is 4.32. The highest BCUT2D eigenvalue weighted by molar-refractivity contribution is 7.91. The van der Waals surface area contributed by atoms with E-state index in [0.29, 0.717) is 37.8 Å². The second-order valence-corrected chi connectivity index (χ2v) is 6.54. The Kier molecular flexibility index (Phi) is 4.31. The molecular weight excluding hydrogens is 258 g/mol. The number of sulfone groups is 1. The van der Waals surface area contributed by atoms with Crippen LogP contribution in [-0.4, -0.2) is 50.3 Å². The van der Waals surface area contributed by atoms with E-state index in [9.17, 15) is 8.42 Å². The van der Waals surface area contributed by atoms with Crippen molar-refractivity contribution in [1.29, 1.82) is 0 Å². The first-order valence-corrected chi connectivity index (χ1v) is 7.65. The van der Waals surface area contributed by atoms with E-state index in [1.54, 1.807) is 7.11 Å². The first kappa shape index (κ1) is 13.4. The molecule has 7 nitrogen and oxygen atoms in total. The third-order valence-corrected chi connectivity index (χ3v) is 4.61. The summed E-state index contributed by atoms with van der Waals surface area (Å²) < 4.78 is 32.7. The lowest BCUT2D eigenvalue weighted by atomic mass is 10.1. The molecule has 1 aromatic rings. The summed E-state index contributed by atoms with van der Waals surface area (Å²) in [5, 5.41) is 6.92. The summed E-state index contributed by atoms with van der Waals surface area (Å²) in [6, 6.07) is 0. The Morgan fingerprint density at radius 2 is 2.39 bits per heavy atom. The molecule has 0 bridgehead atoms. The second kappa shape index (κ2) is 5.77. The molecule has 2 heterocycles. The van der Waals surface area contributed by atoms with Crippen LogP contribution in [0.2, 0.25) is 0 Å². The topological polar surface area (TPSA) is 94.3 Å². The SMILES string of the molecule is COCCNCc1nc(C2CCS(=O)(=O)C2)no1. The van der Waals surface area contributed by atoms with Gasteiger partial charge in [-0.2, -0.15) is 4.98 Å². The standard InChI is InChI=1S/C10H17N3O4S/c1-16-4-3-11-6-9-12-10(13-17-9)8-2-5-18(14,15)7-8/h8,11H,2-7H2,1H3. The van der Waals surface area contributed by atoms with Gasteiger partial charge in [0, 0.05) is 19.6 Å². The van der Waals surface area contributed by atoms with E-state index >= 15 is 0 Å². The number of methoxy groups -OCH3 is 1. The Morgan fingerprint density at radius 3 is 3.06 bits per heavy atom. The Hall–Kier alpha value is -0.990. The van der Waals surface area contributed by atoms with Crippen molar-refractivity contribution in [3.8, 4) is 0 Å².